The number of carbonyl (C=O) groups excluding carboxylic acids is 1. The molecule has 0 aliphatic rings. The van der Waals surface area contributed by atoms with Crippen molar-refractivity contribution in [1.29, 1.82) is 0 Å². The first-order chi connectivity index (χ1) is 10.8. The lowest BCUT2D eigenvalue weighted by Crippen LogP contribution is -2.08. The van der Waals surface area contributed by atoms with E-state index in [9.17, 15) is 4.79 Å². The Morgan fingerprint density at radius 3 is 2.95 bits per heavy atom. The van der Waals surface area contributed by atoms with Gasteiger partial charge < -0.3 is 4.42 Å². The first kappa shape index (κ1) is 14.4. The van der Waals surface area contributed by atoms with Crippen molar-refractivity contribution in [3.8, 4) is 0 Å². The van der Waals surface area contributed by atoms with Crippen LogP contribution in [-0.2, 0) is 0 Å². The Hall–Kier alpha value is -2.53. The number of thioether (sulfide) groups is 1. The molecular weight excluding hydrogens is 296 g/mol. The molecular formula is C17H14N2O2S. The number of nitrogens with zero attached hydrogens (tertiary/aromatic N) is 2. The maximum Gasteiger partial charge on any atom is 0.257 e. The Kier molecular flexibility index (Phi) is 4.25. The zero-order valence-electron chi connectivity index (χ0n) is 11.8. The summed E-state index contributed by atoms with van der Waals surface area (Å²) in [5.41, 5.74) is 1.59. The zero-order chi connectivity index (χ0) is 15.4. The molecule has 4 nitrogen and oxygen atoms in total. The van der Waals surface area contributed by atoms with Gasteiger partial charge in [-0.05, 0) is 30.3 Å². The summed E-state index contributed by atoms with van der Waals surface area (Å²) in [4.78, 5) is 17.1. The summed E-state index contributed by atoms with van der Waals surface area (Å²) in [5, 5.41) is 0.662. The van der Waals surface area contributed by atoms with Crippen LogP contribution in [0, 0.1) is 0 Å². The van der Waals surface area contributed by atoms with Crippen LogP contribution in [-0.4, -0.2) is 21.2 Å². The van der Waals surface area contributed by atoms with Crippen molar-refractivity contribution in [3.05, 3.63) is 67.2 Å². The van der Waals surface area contributed by atoms with Gasteiger partial charge in [0.25, 0.3) is 5.91 Å². The van der Waals surface area contributed by atoms with Crippen molar-refractivity contribution < 1.29 is 9.21 Å². The van der Waals surface area contributed by atoms with E-state index in [-0.39, 0.29) is 5.91 Å². The van der Waals surface area contributed by atoms with Crippen LogP contribution in [0.1, 0.15) is 10.6 Å². The van der Waals surface area contributed by atoms with Gasteiger partial charge in [-0.1, -0.05) is 30.0 Å². The maximum absolute atomic E-state index is 12.6. The van der Waals surface area contributed by atoms with Gasteiger partial charge in [0.15, 0.2) is 5.16 Å². The Balaban J connectivity index is 1.99. The second kappa shape index (κ2) is 6.49. The average molecular weight is 310 g/mol. The second-order valence-corrected chi connectivity index (χ2v) is 5.49. The summed E-state index contributed by atoms with van der Waals surface area (Å²) >= 11 is 1.48. The number of imidazole rings is 1. The van der Waals surface area contributed by atoms with E-state index in [0.717, 1.165) is 11.0 Å². The molecule has 2 heterocycles. The van der Waals surface area contributed by atoms with Crippen LogP contribution in [0.5, 0.6) is 0 Å². The van der Waals surface area contributed by atoms with Gasteiger partial charge >= 0.3 is 0 Å². The number of rotatable bonds is 5. The number of fused-ring (bicyclic) bond motifs is 1. The minimum Gasteiger partial charge on any atom is -0.465 e. The highest BCUT2D eigenvalue weighted by molar-refractivity contribution is 7.99. The molecule has 3 rings (SSSR count). The lowest BCUT2D eigenvalue weighted by atomic mass is 10.3. The van der Waals surface area contributed by atoms with Crippen molar-refractivity contribution in [2.24, 2.45) is 0 Å². The first-order valence-corrected chi connectivity index (χ1v) is 7.75. The van der Waals surface area contributed by atoms with Gasteiger partial charge in [-0.25, -0.2) is 4.98 Å². The molecule has 110 valence electrons. The van der Waals surface area contributed by atoms with Crippen LogP contribution in [0.25, 0.3) is 17.1 Å². The van der Waals surface area contributed by atoms with E-state index in [1.54, 1.807) is 35.1 Å². The quantitative estimate of drug-likeness (QED) is 0.401. The fraction of sp³-hybridized carbons (Fsp3) is 0.0588. The molecule has 22 heavy (non-hydrogen) atoms. The summed E-state index contributed by atoms with van der Waals surface area (Å²) in [6.07, 6.45) is 6.50. The predicted octanol–water partition coefficient (Wildman–Crippen LogP) is 4.26. The molecule has 0 amide bonds. The number of hydrogen-bond donors (Lipinski definition) is 0. The Morgan fingerprint density at radius 1 is 1.32 bits per heavy atom. The standard InChI is InChI=1S/C17H14N2O2S/c1-2-12-22-17-18-14-7-3-4-8-15(14)19(17)16(20)10-9-13-6-5-11-21-13/h2-11H,1,12H2. The molecule has 0 saturated heterocycles. The number of allylic oxidation sites excluding steroid dienone is 1. The van der Waals surface area contributed by atoms with Crippen LogP contribution in [0.2, 0.25) is 0 Å². The van der Waals surface area contributed by atoms with Crippen molar-refractivity contribution in [2.75, 3.05) is 5.75 Å². The number of para-hydroxylation sites is 2. The molecule has 5 heteroatoms. The van der Waals surface area contributed by atoms with Crippen molar-refractivity contribution in [2.45, 2.75) is 5.16 Å². The van der Waals surface area contributed by atoms with Crippen LogP contribution < -0.4 is 0 Å². The topological polar surface area (TPSA) is 48.0 Å². The normalized spacial score (nSPS) is 11.3. The van der Waals surface area contributed by atoms with Gasteiger partial charge in [-0.3, -0.25) is 9.36 Å². The third-order valence-electron chi connectivity index (χ3n) is 3.01. The Bertz CT molecular complexity index is 832. The van der Waals surface area contributed by atoms with Gasteiger partial charge in [0, 0.05) is 11.8 Å². The molecule has 0 aliphatic heterocycles. The zero-order valence-corrected chi connectivity index (χ0v) is 12.6. The van der Waals surface area contributed by atoms with Crippen molar-refractivity contribution in [3.63, 3.8) is 0 Å². The molecule has 2 aromatic heterocycles. The maximum atomic E-state index is 12.6. The molecule has 0 aliphatic carbocycles. The van der Waals surface area contributed by atoms with E-state index >= 15 is 0 Å². The molecule has 0 fully saturated rings. The largest absolute Gasteiger partial charge is 0.465 e. The van der Waals surface area contributed by atoms with Crippen LogP contribution in [0.3, 0.4) is 0 Å². The van der Waals surface area contributed by atoms with E-state index in [1.807, 2.05) is 24.3 Å². The number of aromatic nitrogens is 2. The van der Waals surface area contributed by atoms with Gasteiger partial charge in [-0.15, -0.1) is 6.58 Å². The van der Waals surface area contributed by atoms with E-state index < -0.39 is 0 Å². The molecule has 3 aromatic rings. The van der Waals surface area contributed by atoms with Gasteiger partial charge in [0.2, 0.25) is 0 Å². The summed E-state index contributed by atoms with van der Waals surface area (Å²) in [6.45, 7) is 3.71. The highest BCUT2D eigenvalue weighted by Gasteiger charge is 2.14. The SMILES string of the molecule is C=CCSc1nc2ccccc2n1C(=O)C=Cc1ccco1. The lowest BCUT2D eigenvalue weighted by molar-refractivity contribution is 0.0965. The first-order valence-electron chi connectivity index (χ1n) is 6.76. The minimum atomic E-state index is -0.156. The van der Waals surface area contributed by atoms with Crippen LogP contribution >= 0.6 is 11.8 Å². The van der Waals surface area contributed by atoms with E-state index in [0.29, 0.717) is 16.7 Å². The Labute approximate surface area is 132 Å². The highest BCUT2D eigenvalue weighted by Crippen LogP contribution is 2.24. The van der Waals surface area contributed by atoms with Crippen LogP contribution in [0.4, 0.5) is 0 Å². The third kappa shape index (κ3) is 2.89. The molecule has 0 spiro atoms. The summed E-state index contributed by atoms with van der Waals surface area (Å²) < 4.78 is 6.82. The summed E-state index contributed by atoms with van der Waals surface area (Å²) in [7, 11) is 0. The van der Waals surface area contributed by atoms with Crippen molar-refractivity contribution in [1.82, 2.24) is 9.55 Å². The number of furan rings is 1. The fourth-order valence-corrected chi connectivity index (χ4v) is 2.81. The highest BCUT2D eigenvalue weighted by atomic mass is 32.2. The summed E-state index contributed by atoms with van der Waals surface area (Å²) in [6, 6.07) is 11.2. The molecule has 0 radical (unpaired) electrons. The molecule has 0 saturated carbocycles. The smallest absolute Gasteiger partial charge is 0.257 e. The number of hydrogen-bond acceptors (Lipinski definition) is 4. The van der Waals surface area contributed by atoms with Gasteiger partial charge in [0.1, 0.15) is 5.76 Å². The van der Waals surface area contributed by atoms with E-state index in [1.165, 1.54) is 17.8 Å². The van der Waals surface area contributed by atoms with Gasteiger partial charge in [-0.2, -0.15) is 0 Å². The van der Waals surface area contributed by atoms with E-state index in [2.05, 4.69) is 11.6 Å². The fourth-order valence-electron chi connectivity index (χ4n) is 2.06. The minimum absolute atomic E-state index is 0.156. The molecule has 0 N–H and O–H groups in total. The Morgan fingerprint density at radius 2 is 2.18 bits per heavy atom. The predicted molar refractivity (Wildman–Crippen MR) is 89.0 cm³/mol. The average Bonchev–Trinajstić information content (AvgIpc) is 3.17. The second-order valence-electron chi connectivity index (χ2n) is 4.51. The number of benzene rings is 1. The van der Waals surface area contributed by atoms with E-state index in [4.69, 9.17) is 4.42 Å². The monoisotopic (exact) mass is 310 g/mol. The van der Waals surface area contributed by atoms with Gasteiger partial charge in [0.05, 0.1) is 17.3 Å². The molecule has 0 bridgehead atoms. The molecule has 1 aromatic carbocycles. The number of carbonyl (C=O) groups is 1. The third-order valence-corrected chi connectivity index (χ3v) is 3.95. The molecule has 0 unspecified atom stereocenters. The molecule has 0 atom stereocenters. The summed E-state index contributed by atoms with van der Waals surface area (Å²) in [5.74, 6) is 1.17. The van der Waals surface area contributed by atoms with Crippen molar-refractivity contribution >= 4 is 34.8 Å². The van der Waals surface area contributed by atoms with Crippen LogP contribution in [0.15, 0.2) is 71.0 Å². The lowest BCUT2D eigenvalue weighted by Gasteiger charge is -2.03.